The van der Waals surface area contributed by atoms with E-state index in [1.807, 2.05) is 0 Å². The Morgan fingerprint density at radius 2 is 1.11 bits per heavy atom. The molecule has 110 valence electrons. The van der Waals surface area contributed by atoms with E-state index in [0.717, 1.165) is 12.8 Å². The predicted octanol–water partition coefficient (Wildman–Crippen LogP) is 3.33. The van der Waals surface area contributed by atoms with E-state index in [2.05, 4.69) is 6.92 Å². The molecule has 0 aliphatic carbocycles. The van der Waals surface area contributed by atoms with E-state index in [0.29, 0.717) is 6.42 Å². The second-order valence-electron chi connectivity index (χ2n) is 5.38. The fraction of sp³-hybridized carbons (Fsp3) is 1.00. The Morgan fingerprint density at radius 1 is 0.722 bits per heavy atom. The summed E-state index contributed by atoms with van der Waals surface area (Å²) in [5.74, 6) is 0. The highest BCUT2D eigenvalue weighted by atomic mass is 16.3. The third kappa shape index (κ3) is 12.3. The van der Waals surface area contributed by atoms with Crippen molar-refractivity contribution in [1.82, 2.24) is 0 Å². The van der Waals surface area contributed by atoms with Crippen LogP contribution in [0.3, 0.4) is 0 Å². The summed E-state index contributed by atoms with van der Waals surface area (Å²) in [6.07, 6.45) is 13.0. The normalized spacial score (nSPS) is 14.7. The van der Waals surface area contributed by atoms with Gasteiger partial charge in [-0.3, -0.25) is 0 Å². The molecule has 0 aliphatic rings. The molecule has 3 nitrogen and oxygen atoms in total. The first-order valence-electron chi connectivity index (χ1n) is 7.80. The number of hydrogen-bond donors (Lipinski definition) is 3. The Morgan fingerprint density at radius 3 is 1.50 bits per heavy atom. The highest BCUT2D eigenvalue weighted by Gasteiger charge is 2.09. The second kappa shape index (κ2) is 13.3. The molecule has 0 fully saturated rings. The fourth-order valence-corrected chi connectivity index (χ4v) is 2.19. The maximum Gasteiger partial charge on any atom is 0.128 e. The summed E-state index contributed by atoms with van der Waals surface area (Å²) in [5.41, 5.74) is 5.17. The van der Waals surface area contributed by atoms with Gasteiger partial charge in [0.1, 0.15) is 6.23 Å². The van der Waals surface area contributed by atoms with Crippen molar-refractivity contribution in [3.63, 3.8) is 0 Å². The summed E-state index contributed by atoms with van der Waals surface area (Å²) in [6.45, 7) is 2.25. The summed E-state index contributed by atoms with van der Waals surface area (Å²) >= 11 is 0. The van der Waals surface area contributed by atoms with Crippen molar-refractivity contribution in [3.05, 3.63) is 0 Å². The molecular formula is C15H33NO2. The molecule has 0 aromatic rings. The monoisotopic (exact) mass is 259 g/mol. The smallest absolute Gasteiger partial charge is 0.128 e. The van der Waals surface area contributed by atoms with Crippen molar-refractivity contribution in [1.29, 1.82) is 0 Å². The number of nitrogens with two attached hydrogens (primary N) is 1. The molecule has 0 radical (unpaired) electrons. The molecule has 0 saturated heterocycles. The van der Waals surface area contributed by atoms with E-state index in [9.17, 15) is 5.11 Å². The standard InChI is InChI=1S/C15H33NO2/c1-2-3-4-5-6-7-8-9-10-11-12-13-14(17)15(16)18/h14-15,17-18H,2-13,16H2,1H3. The molecule has 0 bridgehead atoms. The zero-order valence-electron chi connectivity index (χ0n) is 12.1. The first-order chi connectivity index (χ1) is 8.68. The molecule has 2 atom stereocenters. The van der Waals surface area contributed by atoms with E-state index in [1.54, 1.807) is 0 Å². The quantitative estimate of drug-likeness (QED) is 0.351. The maximum atomic E-state index is 9.29. The predicted molar refractivity (Wildman–Crippen MR) is 77.3 cm³/mol. The Kier molecular flexibility index (Phi) is 13.2. The topological polar surface area (TPSA) is 66.5 Å². The van der Waals surface area contributed by atoms with Gasteiger partial charge in [-0.1, -0.05) is 77.6 Å². The number of unbranched alkanes of at least 4 members (excludes halogenated alkanes) is 10. The van der Waals surface area contributed by atoms with Crippen molar-refractivity contribution >= 4 is 0 Å². The van der Waals surface area contributed by atoms with Gasteiger partial charge in [0.2, 0.25) is 0 Å². The Bertz CT molecular complexity index is 163. The fourth-order valence-electron chi connectivity index (χ4n) is 2.19. The molecule has 18 heavy (non-hydrogen) atoms. The number of rotatable bonds is 13. The van der Waals surface area contributed by atoms with Crippen LogP contribution in [0.5, 0.6) is 0 Å². The summed E-state index contributed by atoms with van der Waals surface area (Å²) in [5, 5.41) is 18.2. The van der Waals surface area contributed by atoms with Gasteiger partial charge in [0.05, 0.1) is 6.10 Å². The third-order valence-corrected chi connectivity index (χ3v) is 3.50. The summed E-state index contributed by atoms with van der Waals surface area (Å²) in [6, 6.07) is 0. The van der Waals surface area contributed by atoms with Crippen LogP contribution < -0.4 is 5.73 Å². The van der Waals surface area contributed by atoms with E-state index < -0.39 is 12.3 Å². The van der Waals surface area contributed by atoms with Gasteiger partial charge in [-0.25, -0.2) is 0 Å². The van der Waals surface area contributed by atoms with Crippen LogP contribution in [0, 0.1) is 0 Å². The van der Waals surface area contributed by atoms with Crippen molar-refractivity contribution < 1.29 is 10.2 Å². The van der Waals surface area contributed by atoms with Gasteiger partial charge < -0.3 is 15.9 Å². The lowest BCUT2D eigenvalue weighted by atomic mass is 10.0. The molecule has 3 heteroatoms. The number of aliphatic hydroxyl groups excluding tert-OH is 2. The minimum Gasteiger partial charge on any atom is -0.389 e. The molecule has 0 aromatic heterocycles. The lowest BCUT2D eigenvalue weighted by molar-refractivity contribution is 0.0173. The van der Waals surface area contributed by atoms with E-state index >= 15 is 0 Å². The van der Waals surface area contributed by atoms with Crippen LogP contribution in [0.25, 0.3) is 0 Å². The first-order valence-corrected chi connectivity index (χ1v) is 7.80. The maximum absolute atomic E-state index is 9.29. The third-order valence-electron chi connectivity index (χ3n) is 3.50. The molecule has 0 rings (SSSR count). The second-order valence-corrected chi connectivity index (χ2v) is 5.38. The minimum atomic E-state index is -1.08. The van der Waals surface area contributed by atoms with Crippen LogP contribution in [-0.4, -0.2) is 22.5 Å². The summed E-state index contributed by atoms with van der Waals surface area (Å²) in [4.78, 5) is 0. The molecule has 0 spiro atoms. The number of aliphatic hydroxyl groups is 2. The largest absolute Gasteiger partial charge is 0.389 e. The van der Waals surface area contributed by atoms with E-state index in [-0.39, 0.29) is 0 Å². The summed E-state index contributed by atoms with van der Waals surface area (Å²) in [7, 11) is 0. The van der Waals surface area contributed by atoms with Crippen molar-refractivity contribution in [2.24, 2.45) is 5.73 Å². The van der Waals surface area contributed by atoms with Crippen LogP contribution in [0.2, 0.25) is 0 Å². The molecular weight excluding hydrogens is 226 g/mol. The Hall–Kier alpha value is -0.120. The highest BCUT2D eigenvalue weighted by Crippen LogP contribution is 2.12. The molecule has 0 heterocycles. The molecule has 4 N–H and O–H groups in total. The average Bonchev–Trinajstić information content (AvgIpc) is 2.35. The van der Waals surface area contributed by atoms with E-state index in [4.69, 9.17) is 10.8 Å². The van der Waals surface area contributed by atoms with Crippen LogP contribution in [0.4, 0.5) is 0 Å². The zero-order valence-corrected chi connectivity index (χ0v) is 12.1. The minimum absolute atomic E-state index is 0.620. The summed E-state index contributed by atoms with van der Waals surface area (Å²) < 4.78 is 0. The van der Waals surface area contributed by atoms with Crippen molar-refractivity contribution in [3.8, 4) is 0 Å². The van der Waals surface area contributed by atoms with Crippen LogP contribution in [0.15, 0.2) is 0 Å². The molecule has 2 unspecified atom stereocenters. The molecule has 0 aliphatic heterocycles. The Balaban J connectivity index is 3.03. The van der Waals surface area contributed by atoms with E-state index in [1.165, 1.54) is 57.8 Å². The average molecular weight is 259 g/mol. The van der Waals surface area contributed by atoms with Gasteiger partial charge in [0, 0.05) is 0 Å². The lowest BCUT2D eigenvalue weighted by Gasteiger charge is -2.12. The van der Waals surface area contributed by atoms with Crippen molar-refractivity contribution in [2.75, 3.05) is 0 Å². The SMILES string of the molecule is CCCCCCCCCCCCCC(O)C(N)O. The van der Waals surface area contributed by atoms with Crippen molar-refractivity contribution in [2.45, 2.75) is 96.3 Å². The molecule has 0 amide bonds. The van der Waals surface area contributed by atoms with Gasteiger partial charge in [-0.05, 0) is 6.42 Å². The molecule has 0 aromatic carbocycles. The Labute approximate surface area is 113 Å². The van der Waals surface area contributed by atoms with Gasteiger partial charge in [0.25, 0.3) is 0 Å². The zero-order chi connectivity index (χ0) is 13.6. The van der Waals surface area contributed by atoms with Gasteiger partial charge in [-0.15, -0.1) is 0 Å². The first kappa shape index (κ1) is 17.9. The van der Waals surface area contributed by atoms with Gasteiger partial charge in [-0.2, -0.15) is 0 Å². The van der Waals surface area contributed by atoms with Crippen LogP contribution >= 0.6 is 0 Å². The highest BCUT2D eigenvalue weighted by molar-refractivity contribution is 4.60. The lowest BCUT2D eigenvalue weighted by Crippen LogP contribution is -2.33. The van der Waals surface area contributed by atoms with Crippen LogP contribution in [0.1, 0.15) is 84.0 Å². The number of hydrogen-bond acceptors (Lipinski definition) is 3. The molecule has 0 saturated carbocycles. The van der Waals surface area contributed by atoms with Crippen LogP contribution in [-0.2, 0) is 0 Å². The van der Waals surface area contributed by atoms with Gasteiger partial charge >= 0.3 is 0 Å². The van der Waals surface area contributed by atoms with Gasteiger partial charge in [0.15, 0.2) is 0 Å².